The molecule has 0 aromatic heterocycles. The monoisotopic (exact) mass is 405 g/mol. The van der Waals surface area contributed by atoms with E-state index in [-0.39, 0.29) is 10.6 Å². The SMILES string of the molecule is CCCCN(CCCC)c1ccc([N+]#N)cc1.O=S(=O)([O-])c1ccc(O)cc1. The van der Waals surface area contributed by atoms with E-state index in [0.717, 1.165) is 37.4 Å². The second-order valence-electron chi connectivity index (χ2n) is 6.26. The Balaban J connectivity index is 0.000000307. The van der Waals surface area contributed by atoms with Crippen LogP contribution in [0.5, 0.6) is 5.75 Å². The minimum absolute atomic E-state index is 0.0719. The summed E-state index contributed by atoms with van der Waals surface area (Å²) in [6, 6.07) is 12.1. The second kappa shape index (κ2) is 12.0. The summed E-state index contributed by atoms with van der Waals surface area (Å²) in [5.41, 5.74) is 1.83. The zero-order chi connectivity index (χ0) is 21.0. The number of hydrogen-bond donors (Lipinski definition) is 1. The van der Waals surface area contributed by atoms with Crippen LogP contribution in [0.3, 0.4) is 0 Å². The van der Waals surface area contributed by atoms with Crippen molar-refractivity contribution in [2.24, 2.45) is 0 Å². The highest BCUT2D eigenvalue weighted by Gasteiger charge is 2.08. The van der Waals surface area contributed by atoms with Crippen LogP contribution < -0.4 is 4.90 Å². The van der Waals surface area contributed by atoms with Gasteiger partial charge in [0, 0.05) is 30.9 Å². The summed E-state index contributed by atoms with van der Waals surface area (Å²) < 4.78 is 30.9. The molecule has 0 aliphatic carbocycles. The standard InChI is InChI=1S/C14H22N3.C6H6O4S/c1-3-5-11-17(12-6-4-2)14-9-7-13(16-15)8-10-14;7-5-1-3-6(4-2-5)11(8,9)10/h7-10H,3-6,11-12H2,1-2H3;1-4,7H,(H,8,9,10)/q+1;/p-1. The van der Waals surface area contributed by atoms with Crippen LogP contribution in [0.1, 0.15) is 39.5 Å². The first kappa shape index (κ1) is 23.4. The van der Waals surface area contributed by atoms with Gasteiger partial charge in [0.15, 0.2) is 4.98 Å². The van der Waals surface area contributed by atoms with E-state index >= 15 is 0 Å². The number of benzene rings is 2. The molecule has 0 bridgehead atoms. The number of phenols is 1. The number of unbranched alkanes of at least 4 members (excludes halogenated alkanes) is 2. The molecule has 0 radical (unpaired) electrons. The molecule has 1 N–H and O–H groups in total. The molecule has 0 heterocycles. The smallest absolute Gasteiger partial charge is 0.385 e. The summed E-state index contributed by atoms with van der Waals surface area (Å²) >= 11 is 0. The van der Waals surface area contributed by atoms with Crippen LogP contribution in [0, 0.1) is 5.39 Å². The van der Waals surface area contributed by atoms with Crippen molar-refractivity contribution < 1.29 is 18.1 Å². The maximum Gasteiger partial charge on any atom is 0.385 e. The zero-order valence-corrected chi connectivity index (χ0v) is 17.1. The molecule has 0 saturated carbocycles. The van der Waals surface area contributed by atoms with Crippen molar-refractivity contribution >= 4 is 21.5 Å². The maximum absolute atomic E-state index is 10.3. The first-order valence-electron chi connectivity index (χ1n) is 9.26. The number of anilines is 1. The highest BCUT2D eigenvalue weighted by Crippen LogP contribution is 2.20. The lowest BCUT2D eigenvalue weighted by atomic mass is 10.2. The summed E-state index contributed by atoms with van der Waals surface area (Å²) in [6.07, 6.45) is 4.87. The predicted octanol–water partition coefficient (Wildman–Crippen LogP) is 4.87. The van der Waals surface area contributed by atoms with Gasteiger partial charge in [0.1, 0.15) is 15.9 Å². The Kier molecular flexibility index (Phi) is 9.99. The van der Waals surface area contributed by atoms with E-state index < -0.39 is 10.1 Å². The third-order valence-electron chi connectivity index (χ3n) is 4.02. The van der Waals surface area contributed by atoms with Crippen LogP contribution in [0.15, 0.2) is 53.4 Å². The molecule has 8 heteroatoms. The van der Waals surface area contributed by atoms with Gasteiger partial charge in [-0.05, 0) is 49.2 Å². The first-order chi connectivity index (χ1) is 13.3. The molecule has 2 rings (SSSR count). The third kappa shape index (κ3) is 8.37. The molecular formula is C20H27N3O4S. The van der Waals surface area contributed by atoms with Crippen molar-refractivity contribution in [3.8, 4) is 5.75 Å². The first-order valence-corrected chi connectivity index (χ1v) is 10.7. The second-order valence-corrected chi connectivity index (χ2v) is 7.64. The van der Waals surface area contributed by atoms with Crippen LogP contribution in [0.25, 0.3) is 4.98 Å². The number of nitrogens with zero attached hydrogens (tertiary/aromatic N) is 3. The molecule has 2 aromatic rings. The molecule has 28 heavy (non-hydrogen) atoms. The van der Waals surface area contributed by atoms with Crippen molar-refractivity contribution in [1.82, 2.24) is 0 Å². The van der Waals surface area contributed by atoms with Gasteiger partial charge in [0.25, 0.3) is 0 Å². The topological polar surface area (TPSA) is 109 Å². The van der Waals surface area contributed by atoms with Crippen molar-refractivity contribution in [3.05, 3.63) is 53.5 Å². The minimum atomic E-state index is -4.38. The highest BCUT2D eigenvalue weighted by atomic mass is 32.2. The Morgan fingerprint density at radius 3 is 1.86 bits per heavy atom. The van der Waals surface area contributed by atoms with Gasteiger partial charge in [0.05, 0.1) is 4.90 Å². The molecule has 152 valence electrons. The fourth-order valence-electron chi connectivity index (χ4n) is 2.41. The predicted molar refractivity (Wildman–Crippen MR) is 109 cm³/mol. The van der Waals surface area contributed by atoms with E-state index in [1.54, 1.807) is 0 Å². The largest absolute Gasteiger partial charge is 0.744 e. The van der Waals surface area contributed by atoms with Gasteiger partial charge < -0.3 is 14.6 Å². The Labute approximate surface area is 167 Å². The van der Waals surface area contributed by atoms with Crippen LogP contribution >= 0.6 is 0 Å². The van der Waals surface area contributed by atoms with Gasteiger partial charge in [-0.25, -0.2) is 8.42 Å². The molecule has 0 aliphatic heterocycles. The van der Waals surface area contributed by atoms with Gasteiger partial charge in [-0.1, -0.05) is 26.7 Å². The van der Waals surface area contributed by atoms with Gasteiger partial charge in [-0.3, -0.25) is 0 Å². The van der Waals surface area contributed by atoms with Crippen LogP contribution in [-0.4, -0.2) is 31.2 Å². The van der Waals surface area contributed by atoms with Gasteiger partial charge in [-0.2, -0.15) is 0 Å². The van der Waals surface area contributed by atoms with Crippen LogP contribution in [0.2, 0.25) is 0 Å². The molecule has 0 fully saturated rings. The quantitative estimate of drug-likeness (QED) is 0.495. The fraction of sp³-hybridized carbons (Fsp3) is 0.400. The van der Waals surface area contributed by atoms with Crippen molar-refractivity contribution in [2.45, 2.75) is 44.4 Å². The Hall–Kier alpha value is -2.63. The fourth-order valence-corrected chi connectivity index (χ4v) is 2.88. The summed E-state index contributed by atoms with van der Waals surface area (Å²) in [6.45, 7) is 6.63. The van der Waals surface area contributed by atoms with Crippen molar-refractivity contribution in [2.75, 3.05) is 18.0 Å². The molecule has 0 aliphatic rings. The Morgan fingerprint density at radius 1 is 0.964 bits per heavy atom. The average Bonchev–Trinajstić information content (AvgIpc) is 2.68. The summed E-state index contributed by atoms with van der Waals surface area (Å²) in [5.74, 6) is -0.0719. The van der Waals surface area contributed by atoms with Crippen molar-refractivity contribution in [1.29, 1.82) is 5.39 Å². The summed E-state index contributed by atoms with van der Waals surface area (Å²) in [4.78, 5) is 5.25. The molecule has 0 spiro atoms. The van der Waals surface area contributed by atoms with E-state index in [2.05, 4.69) is 23.7 Å². The van der Waals surface area contributed by atoms with Gasteiger partial charge >= 0.3 is 5.69 Å². The number of phenolic OH excluding ortho intramolecular Hbond substituents is 1. The van der Waals surface area contributed by atoms with E-state index in [4.69, 9.17) is 10.5 Å². The van der Waals surface area contributed by atoms with E-state index in [1.165, 1.54) is 31.4 Å². The lowest BCUT2D eigenvalue weighted by Crippen LogP contribution is -2.25. The Bertz CT molecular complexity index is 837. The van der Waals surface area contributed by atoms with Crippen LogP contribution in [-0.2, 0) is 10.1 Å². The summed E-state index contributed by atoms with van der Waals surface area (Å²) in [5, 5.41) is 17.4. The van der Waals surface area contributed by atoms with E-state index in [9.17, 15) is 13.0 Å². The zero-order valence-electron chi connectivity index (χ0n) is 16.3. The number of diazo groups is 1. The summed E-state index contributed by atoms with van der Waals surface area (Å²) in [7, 11) is -4.38. The normalized spacial score (nSPS) is 10.5. The molecule has 0 amide bonds. The minimum Gasteiger partial charge on any atom is -0.744 e. The third-order valence-corrected chi connectivity index (χ3v) is 4.87. The maximum atomic E-state index is 10.3. The number of hydrogen-bond acceptors (Lipinski definition) is 6. The molecule has 7 nitrogen and oxygen atoms in total. The lowest BCUT2D eigenvalue weighted by molar-refractivity contribution is 0.461. The lowest BCUT2D eigenvalue weighted by Gasteiger charge is -2.24. The highest BCUT2D eigenvalue weighted by molar-refractivity contribution is 7.85. The van der Waals surface area contributed by atoms with E-state index in [0.29, 0.717) is 5.69 Å². The Morgan fingerprint density at radius 2 is 1.46 bits per heavy atom. The average molecular weight is 406 g/mol. The molecule has 0 saturated heterocycles. The van der Waals surface area contributed by atoms with Gasteiger partial charge in [-0.15, -0.1) is 0 Å². The molecule has 2 aromatic carbocycles. The number of aromatic hydroxyl groups is 1. The van der Waals surface area contributed by atoms with Gasteiger partial charge in [0.2, 0.25) is 5.39 Å². The van der Waals surface area contributed by atoms with Crippen molar-refractivity contribution in [3.63, 3.8) is 0 Å². The molecule has 0 unspecified atom stereocenters. The number of rotatable bonds is 8. The molecular weight excluding hydrogens is 378 g/mol. The van der Waals surface area contributed by atoms with E-state index in [1.807, 2.05) is 24.3 Å². The molecule has 0 atom stereocenters. The van der Waals surface area contributed by atoms with Crippen LogP contribution in [0.4, 0.5) is 11.4 Å².